The summed E-state index contributed by atoms with van der Waals surface area (Å²) in [4.78, 5) is 0. The maximum Gasteiger partial charge on any atom is 0.122 e. The number of hydrogen-bond donors (Lipinski definition) is 1. The molecule has 0 amide bonds. The summed E-state index contributed by atoms with van der Waals surface area (Å²) in [6, 6.07) is 44.4. The van der Waals surface area contributed by atoms with Crippen LogP contribution in [0.2, 0.25) is 0 Å². The Morgan fingerprint density at radius 1 is 0.368 bits per heavy atom. The van der Waals surface area contributed by atoms with E-state index in [0.717, 1.165) is 11.1 Å². The molecule has 1 heteroatoms. The molecule has 0 spiro atoms. The first-order chi connectivity index (χ1) is 27.1. The van der Waals surface area contributed by atoms with E-state index in [9.17, 15) is 5.11 Å². The zero-order valence-corrected chi connectivity index (χ0v) is 35.9. The Morgan fingerprint density at radius 2 is 0.596 bits per heavy atom. The highest BCUT2D eigenvalue weighted by Crippen LogP contribution is 2.44. The van der Waals surface area contributed by atoms with E-state index in [1.54, 1.807) is 0 Å². The fourth-order valence-corrected chi connectivity index (χ4v) is 9.29. The summed E-state index contributed by atoms with van der Waals surface area (Å²) >= 11 is 0. The molecule has 7 rings (SSSR count). The lowest BCUT2D eigenvalue weighted by atomic mass is 9.79. The first kappa shape index (κ1) is 39.6. The molecule has 0 saturated carbocycles. The van der Waals surface area contributed by atoms with Gasteiger partial charge in [0, 0.05) is 12.8 Å². The molecule has 57 heavy (non-hydrogen) atoms. The molecule has 0 aromatic heterocycles. The summed E-state index contributed by atoms with van der Waals surface area (Å²) in [7, 11) is 0. The zero-order chi connectivity index (χ0) is 40.8. The number of rotatable bonds is 8. The highest BCUT2D eigenvalue weighted by atomic mass is 16.3. The minimum absolute atomic E-state index is 0.139. The van der Waals surface area contributed by atoms with Crippen LogP contribution in [-0.4, -0.2) is 5.11 Å². The van der Waals surface area contributed by atoms with Crippen LogP contribution >= 0.6 is 0 Å². The highest BCUT2D eigenvalue weighted by molar-refractivity contribution is 5.86. The molecule has 0 heterocycles. The second kappa shape index (κ2) is 15.7. The van der Waals surface area contributed by atoms with Gasteiger partial charge in [0.15, 0.2) is 0 Å². The highest BCUT2D eigenvalue weighted by Gasteiger charge is 2.25. The lowest BCUT2D eigenvalue weighted by Crippen LogP contribution is -2.13. The molecule has 0 fully saturated rings. The van der Waals surface area contributed by atoms with Crippen molar-refractivity contribution in [3.63, 3.8) is 0 Å². The Balaban J connectivity index is 1.50. The standard InChI is InChI=1S/C56H58O/c1-34-18-12-19-35(2)51(34)45-26-16-27-46(52-36(3)20-13-21-37(52)4)49(45)32-42-30-44(56(9,10)11)31-43(55(42)57)33-50-47(53-38(5)22-14-23-39(53)6)28-17-29-48(50)54-40(7)24-15-25-41(54)8/h12-31,57H,32-33H2,1-11H3. The van der Waals surface area contributed by atoms with Crippen LogP contribution in [0, 0.1) is 55.4 Å². The molecule has 0 atom stereocenters. The molecule has 7 aromatic rings. The van der Waals surface area contributed by atoms with E-state index in [0.29, 0.717) is 18.6 Å². The van der Waals surface area contributed by atoms with E-state index in [4.69, 9.17) is 0 Å². The molecule has 7 aromatic carbocycles. The maximum absolute atomic E-state index is 12.8. The molecule has 0 saturated heterocycles. The number of benzene rings is 7. The van der Waals surface area contributed by atoms with Gasteiger partial charge in [-0.15, -0.1) is 0 Å². The molecule has 288 valence electrons. The van der Waals surface area contributed by atoms with Crippen LogP contribution < -0.4 is 0 Å². The van der Waals surface area contributed by atoms with E-state index >= 15 is 0 Å². The van der Waals surface area contributed by atoms with Gasteiger partial charge in [-0.3, -0.25) is 0 Å². The van der Waals surface area contributed by atoms with Crippen molar-refractivity contribution in [2.75, 3.05) is 0 Å². The topological polar surface area (TPSA) is 20.2 Å². The molecule has 0 radical (unpaired) electrons. The molecule has 0 unspecified atom stereocenters. The normalized spacial score (nSPS) is 11.6. The van der Waals surface area contributed by atoms with E-state index in [1.165, 1.54) is 106 Å². The summed E-state index contributed by atoms with van der Waals surface area (Å²) in [6.45, 7) is 24.6. The third-order valence-corrected chi connectivity index (χ3v) is 12.2. The van der Waals surface area contributed by atoms with Crippen molar-refractivity contribution in [3.8, 4) is 50.3 Å². The first-order valence-electron chi connectivity index (χ1n) is 20.5. The fourth-order valence-electron chi connectivity index (χ4n) is 9.29. The molecular formula is C56H58O. The van der Waals surface area contributed by atoms with E-state index in [2.05, 4.69) is 197 Å². The van der Waals surface area contributed by atoms with Gasteiger partial charge < -0.3 is 5.11 Å². The van der Waals surface area contributed by atoms with Gasteiger partial charge in [-0.2, -0.15) is 0 Å². The number of phenols is 1. The van der Waals surface area contributed by atoms with Crippen molar-refractivity contribution in [2.24, 2.45) is 0 Å². The van der Waals surface area contributed by atoms with Crippen LogP contribution in [0.3, 0.4) is 0 Å². The molecule has 0 aliphatic carbocycles. The monoisotopic (exact) mass is 746 g/mol. The molecule has 1 nitrogen and oxygen atoms in total. The zero-order valence-electron chi connectivity index (χ0n) is 35.9. The van der Waals surface area contributed by atoms with E-state index in [1.807, 2.05) is 0 Å². The minimum Gasteiger partial charge on any atom is -0.507 e. The van der Waals surface area contributed by atoms with Crippen molar-refractivity contribution in [1.82, 2.24) is 0 Å². The summed E-state index contributed by atoms with van der Waals surface area (Å²) < 4.78 is 0. The lowest BCUT2D eigenvalue weighted by Gasteiger charge is -2.26. The molecular weight excluding hydrogens is 689 g/mol. The van der Waals surface area contributed by atoms with Crippen LogP contribution in [0.4, 0.5) is 0 Å². The third-order valence-electron chi connectivity index (χ3n) is 12.2. The summed E-state index contributed by atoms with van der Waals surface area (Å²) in [6.07, 6.45) is 1.19. The smallest absolute Gasteiger partial charge is 0.122 e. The van der Waals surface area contributed by atoms with Crippen LogP contribution in [0.15, 0.2) is 121 Å². The molecule has 0 bridgehead atoms. The van der Waals surface area contributed by atoms with Crippen LogP contribution in [0.1, 0.15) is 93.1 Å². The van der Waals surface area contributed by atoms with Gasteiger partial charge in [0.1, 0.15) is 5.75 Å². The Kier molecular flexibility index (Phi) is 10.9. The average molecular weight is 747 g/mol. The van der Waals surface area contributed by atoms with Crippen LogP contribution in [0.5, 0.6) is 5.75 Å². The predicted molar refractivity (Wildman–Crippen MR) is 245 cm³/mol. The van der Waals surface area contributed by atoms with Gasteiger partial charge in [0.05, 0.1) is 0 Å². The summed E-state index contributed by atoms with van der Waals surface area (Å²) in [5.74, 6) is 0.385. The first-order valence-corrected chi connectivity index (χ1v) is 20.5. The van der Waals surface area contributed by atoms with Crippen molar-refractivity contribution in [2.45, 2.75) is 94.4 Å². The number of hydrogen-bond acceptors (Lipinski definition) is 1. The number of phenolic OH excluding ortho intramolecular Hbond substituents is 1. The quantitative estimate of drug-likeness (QED) is 0.164. The van der Waals surface area contributed by atoms with Crippen molar-refractivity contribution in [3.05, 3.63) is 194 Å². The summed E-state index contributed by atoms with van der Waals surface area (Å²) in [5.41, 5.74) is 25.5. The van der Waals surface area contributed by atoms with Gasteiger partial charge >= 0.3 is 0 Å². The van der Waals surface area contributed by atoms with E-state index < -0.39 is 0 Å². The fraction of sp³-hybridized carbons (Fsp3) is 0.250. The Hall–Kier alpha value is -5.66. The third kappa shape index (κ3) is 7.61. The minimum atomic E-state index is -0.139. The number of aryl methyl sites for hydroxylation is 8. The number of aromatic hydroxyl groups is 1. The SMILES string of the molecule is Cc1cccc(C)c1-c1cccc(-c2c(C)cccc2C)c1Cc1cc(C(C)(C)C)cc(Cc2c(-c3c(C)cccc3C)cccc2-c2c(C)cccc2C)c1O. The summed E-state index contributed by atoms with van der Waals surface area (Å²) in [5, 5.41) is 12.8. The van der Waals surface area contributed by atoms with Gasteiger partial charge in [-0.25, -0.2) is 0 Å². The van der Waals surface area contributed by atoms with Gasteiger partial charge in [0.25, 0.3) is 0 Å². The largest absolute Gasteiger partial charge is 0.507 e. The second-order valence-electron chi connectivity index (χ2n) is 17.5. The maximum atomic E-state index is 12.8. The Bertz CT molecular complexity index is 2250. The van der Waals surface area contributed by atoms with Gasteiger partial charge in [-0.1, -0.05) is 142 Å². The lowest BCUT2D eigenvalue weighted by molar-refractivity contribution is 0.462. The molecule has 0 aliphatic rings. The van der Waals surface area contributed by atoms with E-state index in [-0.39, 0.29) is 5.41 Å². The van der Waals surface area contributed by atoms with Crippen molar-refractivity contribution < 1.29 is 5.11 Å². The predicted octanol–water partition coefficient (Wildman–Crippen LogP) is 15.0. The Labute approximate surface area is 342 Å². The van der Waals surface area contributed by atoms with Crippen LogP contribution in [-0.2, 0) is 18.3 Å². The second-order valence-corrected chi connectivity index (χ2v) is 17.5. The van der Waals surface area contributed by atoms with Crippen molar-refractivity contribution >= 4 is 0 Å². The molecule has 1 N–H and O–H groups in total. The van der Waals surface area contributed by atoms with Crippen molar-refractivity contribution in [1.29, 1.82) is 0 Å². The Morgan fingerprint density at radius 3 is 0.825 bits per heavy atom. The molecule has 0 aliphatic heterocycles. The van der Waals surface area contributed by atoms with Gasteiger partial charge in [0.2, 0.25) is 0 Å². The van der Waals surface area contributed by atoms with Crippen LogP contribution in [0.25, 0.3) is 44.5 Å². The average Bonchev–Trinajstić information content (AvgIpc) is 3.14. The van der Waals surface area contributed by atoms with Gasteiger partial charge in [-0.05, 0) is 178 Å².